The molecule has 2 atom stereocenters. The average molecular weight is 310 g/mol. The van der Waals surface area contributed by atoms with E-state index in [9.17, 15) is 4.79 Å². The third kappa shape index (κ3) is 2.81. The molecule has 0 spiro atoms. The zero-order chi connectivity index (χ0) is 16.6. The number of aromatic nitrogens is 1. The molecule has 23 heavy (non-hydrogen) atoms. The number of carbonyl (C=O) groups excluding carboxylic acids is 1. The number of carbonyl (C=O) groups is 1. The Morgan fingerprint density at radius 2 is 1.87 bits per heavy atom. The second-order valence-electron chi connectivity index (χ2n) is 6.46. The number of pyridine rings is 1. The number of anilines is 2. The van der Waals surface area contributed by atoms with Gasteiger partial charge in [-0.2, -0.15) is 4.57 Å². The number of nitrogens with zero attached hydrogens (tertiary/aromatic N) is 3. The Kier molecular flexibility index (Phi) is 4.07. The van der Waals surface area contributed by atoms with E-state index in [0.717, 1.165) is 17.8 Å². The van der Waals surface area contributed by atoms with Gasteiger partial charge in [0.25, 0.3) is 5.91 Å². The van der Waals surface area contributed by atoms with E-state index in [0.29, 0.717) is 0 Å². The van der Waals surface area contributed by atoms with Crippen molar-refractivity contribution in [2.45, 2.75) is 32.4 Å². The lowest BCUT2D eigenvalue weighted by Crippen LogP contribution is -2.49. The van der Waals surface area contributed by atoms with Crippen molar-refractivity contribution in [1.29, 1.82) is 0 Å². The van der Waals surface area contributed by atoms with Crippen molar-refractivity contribution in [2.24, 2.45) is 0 Å². The first kappa shape index (κ1) is 15.5. The number of benzene rings is 1. The van der Waals surface area contributed by atoms with Gasteiger partial charge in [-0.1, -0.05) is 18.2 Å². The molecule has 1 aromatic heterocycles. The molecule has 1 aromatic carbocycles. The Morgan fingerprint density at radius 3 is 2.52 bits per heavy atom. The van der Waals surface area contributed by atoms with Crippen molar-refractivity contribution in [3.05, 3.63) is 54.4 Å². The fraction of sp³-hybridized carbons (Fsp3) is 0.368. The predicted octanol–water partition coefficient (Wildman–Crippen LogP) is 2.58. The van der Waals surface area contributed by atoms with E-state index in [4.69, 9.17) is 0 Å². The first-order valence-corrected chi connectivity index (χ1v) is 8.08. The van der Waals surface area contributed by atoms with E-state index in [-0.39, 0.29) is 18.0 Å². The van der Waals surface area contributed by atoms with Crippen LogP contribution in [0, 0.1) is 0 Å². The van der Waals surface area contributed by atoms with E-state index in [2.05, 4.69) is 17.9 Å². The number of hydrogen-bond acceptors (Lipinski definition) is 2. The largest absolute Gasteiger partial charge is 0.377 e. The lowest BCUT2D eigenvalue weighted by Gasteiger charge is -2.24. The van der Waals surface area contributed by atoms with Gasteiger partial charge in [0.2, 0.25) is 6.04 Å². The van der Waals surface area contributed by atoms with Gasteiger partial charge in [-0.25, -0.2) is 0 Å². The Bertz CT molecular complexity index is 709. The van der Waals surface area contributed by atoms with Crippen molar-refractivity contribution in [3.8, 4) is 0 Å². The summed E-state index contributed by atoms with van der Waals surface area (Å²) >= 11 is 0. The molecule has 0 saturated heterocycles. The molecular weight excluding hydrogens is 286 g/mol. The van der Waals surface area contributed by atoms with Gasteiger partial charge < -0.3 is 9.80 Å². The maximum atomic E-state index is 13.0. The molecule has 4 nitrogen and oxygen atoms in total. The quantitative estimate of drug-likeness (QED) is 0.815. The van der Waals surface area contributed by atoms with Gasteiger partial charge >= 0.3 is 0 Å². The van der Waals surface area contributed by atoms with Crippen molar-refractivity contribution in [3.63, 3.8) is 0 Å². The van der Waals surface area contributed by atoms with E-state index in [1.165, 1.54) is 5.56 Å². The van der Waals surface area contributed by atoms with Crippen LogP contribution in [0.15, 0.2) is 48.8 Å². The minimum absolute atomic E-state index is 0.144. The van der Waals surface area contributed by atoms with Gasteiger partial charge in [-0.3, -0.25) is 4.79 Å². The molecule has 1 aliphatic rings. The fourth-order valence-electron chi connectivity index (χ4n) is 3.22. The van der Waals surface area contributed by atoms with Crippen LogP contribution in [-0.4, -0.2) is 26.0 Å². The van der Waals surface area contributed by atoms with Gasteiger partial charge in [0, 0.05) is 50.6 Å². The van der Waals surface area contributed by atoms with Gasteiger partial charge in [0.05, 0.1) is 0 Å². The summed E-state index contributed by atoms with van der Waals surface area (Å²) in [5.41, 5.74) is 3.44. The summed E-state index contributed by atoms with van der Waals surface area (Å²) in [6.45, 7) is 4.08. The SMILES string of the molecule is C[C@H]1Cc2ccccc2N1C(=O)[C@H](C)[n+]1ccc(N(C)C)cc1. The summed E-state index contributed by atoms with van der Waals surface area (Å²) in [4.78, 5) is 17.0. The van der Waals surface area contributed by atoms with Crippen LogP contribution in [0.3, 0.4) is 0 Å². The molecule has 4 heteroatoms. The lowest BCUT2D eigenvalue weighted by molar-refractivity contribution is -0.705. The molecule has 0 fully saturated rings. The third-order valence-corrected chi connectivity index (χ3v) is 4.60. The van der Waals surface area contributed by atoms with E-state index in [1.54, 1.807) is 0 Å². The maximum Gasteiger partial charge on any atom is 0.296 e. The molecule has 0 radical (unpaired) electrons. The smallest absolute Gasteiger partial charge is 0.296 e. The van der Waals surface area contributed by atoms with Gasteiger partial charge in [-0.15, -0.1) is 0 Å². The van der Waals surface area contributed by atoms with Crippen LogP contribution in [0.5, 0.6) is 0 Å². The molecule has 0 bridgehead atoms. The first-order chi connectivity index (χ1) is 11.0. The molecule has 0 saturated carbocycles. The van der Waals surface area contributed by atoms with Crippen LogP contribution < -0.4 is 14.4 Å². The van der Waals surface area contributed by atoms with E-state index >= 15 is 0 Å². The highest BCUT2D eigenvalue weighted by Gasteiger charge is 2.36. The highest BCUT2D eigenvalue weighted by molar-refractivity contribution is 5.97. The van der Waals surface area contributed by atoms with Crippen LogP contribution in [0.25, 0.3) is 0 Å². The van der Waals surface area contributed by atoms with Crippen molar-refractivity contribution < 1.29 is 9.36 Å². The van der Waals surface area contributed by atoms with E-state index in [1.807, 2.05) is 73.2 Å². The molecule has 0 unspecified atom stereocenters. The molecular formula is C19H24N3O+. The predicted molar refractivity (Wildman–Crippen MR) is 92.8 cm³/mol. The Balaban J connectivity index is 1.85. The monoisotopic (exact) mass is 310 g/mol. The number of hydrogen-bond donors (Lipinski definition) is 0. The minimum atomic E-state index is -0.222. The summed E-state index contributed by atoms with van der Waals surface area (Å²) in [6.07, 6.45) is 4.88. The van der Waals surface area contributed by atoms with Crippen LogP contribution >= 0.6 is 0 Å². The Labute approximate surface area is 138 Å². The molecule has 1 aliphatic heterocycles. The molecule has 3 rings (SSSR count). The van der Waals surface area contributed by atoms with Gasteiger partial charge in [-0.05, 0) is 25.0 Å². The molecule has 0 aliphatic carbocycles. The molecule has 2 aromatic rings. The van der Waals surface area contributed by atoms with Crippen molar-refractivity contribution in [1.82, 2.24) is 0 Å². The highest BCUT2D eigenvalue weighted by Crippen LogP contribution is 2.32. The molecule has 1 amide bonds. The Hall–Kier alpha value is -2.36. The lowest BCUT2D eigenvalue weighted by atomic mass is 10.1. The summed E-state index contributed by atoms with van der Waals surface area (Å²) in [5, 5.41) is 0. The zero-order valence-electron chi connectivity index (χ0n) is 14.2. The molecule has 0 N–H and O–H groups in total. The number of para-hydroxylation sites is 1. The number of fused-ring (bicyclic) bond motifs is 1. The van der Waals surface area contributed by atoms with Crippen molar-refractivity contribution in [2.75, 3.05) is 23.9 Å². The minimum Gasteiger partial charge on any atom is -0.377 e. The van der Waals surface area contributed by atoms with Crippen molar-refractivity contribution >= 4 is 17.3 Å². The Morgan fingerprint density at radius 1 is 1.22 bits per heavy atom. The fourth-order valence-corrected chi connectivity index (χ4v) is 3.22. The van der Waals surface area contributed by atoms with Crippen LogP contribution in [0.1, 0.15) is 25.5 Å². The van der Waals surface area contributed by atoms with Gasteiger partial charge in [0.1, 0.15) is 0 Å². The van der Waals surface area contributed by atoms with Crippen LogP contribution in [-0.2, 0) is 11.2 Å². The van der Waals surface area contributed by atoms with E-state index < -0.39 is 0 Å². The second kappa shape index (κ2) is 6.03. The first-order valence-electron chi connectivity index (χ1n) is 8.08. The summed E-state index contributed by atoms with van der Waals surface area (Å²) in [6, 6.07) is 12.3. The standard InChI is InChI=1S/C19H24N3O/c1-14-13-16-7-5-6-8-18(16)22(14)19(23)15(2)21-11-9-17(10-12-21)20(3)4/h5-12,14-15H,13H2,1-4H3/q+1/t14-,15-/m0/s1. The summed E-state index contributed by atoms with van der Waals surface area (Å²) in [5.74, 6) is 0.144. The normalized spacial score (nSPS) is 17.7. The topological polar surface area (TPSA) is 27.4 Å². The summed E-state index contributed by atoms with van der Waals surface area (Å²) in [7, 11) is 4.02. The van der Waals surface area contributed by atoms with Crippen LogP contribution in [0.2, 0.25) is 0 Å². The number of amides is 1. The molecule has 2 heterocycles. The van der Waals surface area contributed by atoms with Gasteiger partial charge in [0.15, 0.2) is 12.4 Å². The third-order valence-electron chi connectivity index (χ3n) is 4.60. The highest BCUT2D eigenvalue weighted by atomic mass is 16.2. The second-order valence-corrected chi connectivity index (χ2v) is 6.46. The number of rotatable bonds is 3. The molecule has 120 valence electrons. The average Bonchev–Trinajstić information content (AvgIpc) is 2.89. The summed E-state index contributed by atoms with van der Waals surface area (Å²) < 4.78 is 1.98. The zero-order valence-corrected chi connectivity index (χ0v) is 14.2. The van der Waals surface area contributed by atoms with Crippen LogP contribution in [0.4, 0.5) is 11.4 Å². The maximum absolute atomic E-state index is 13.0.